The van der Waals surface area contributed by atoms with Gasteiger partial charge in [0.25, 0.3) is 0 Å². The van der Waals surface area contributed by atoms with E-state index in [0.29, 0.717) is 13.2 Å². The second-order valence-electron chi connectivity index (χ2n) is 3.73. The first-order valence-corrected chi connectivity index (χ1v) is 5.47. The summed E-state index contributed by atoms with van der Waals surface area (Å²) >= 11 is 0. The number of carbonyl (C=O) groups excluding carboxylic acids is 1. The summed E-state index contributed by atoms with van der Waals surface area (Å²) in [5, 5.41) is 13.6. The third-order valence-electron chi connectivity index (χ3n) is 1.84. The van der Waals surface area contributed by atoms with Crippen LogP contribution >= 0.6 is 0 Å². The summed E-state index contributed by atoms with van der Waals surface area (Å²) in [6, 6.07) is -1.47. The number of carbonyl (C=O) groups is 2. The minimum absolute atomic E-state index is 0.104. The normalized spacial score (nSPS) is 11.9. The fourth-order valence-corrected chi connectivity index (χ4v) is 1.06. The van der Waals surface area contributed by atoms with Crippen molar-refractivity contribution in [3.8, 4) is 0 Å². The monoisotopic (exact) mass is 244 g/mol. The van der Waals surface area contributed by atoms with E-state index in [-0.39, 0.29) is 12.5 Å². The highest BCUT2D eigenvalue weighted by Crippen LogP contribution is 1.92. The maximum absolute atomic E-state index is 11.3. The zero-order chi connectivity index (χ0) is 13.3. The van der Waals surface area contributed by atoms with Crippen molar-refractivity contribution in [1.82, 2.24) is 10.6 Å². The summed E-state index contributed by atoms with van der Waals surface area (Å²) in [6.07, 6.45) is 1.74. The van der Waals surface area contributed by atoms with Crippen LogP contribution in [0, 0.1) is 0 Å². The Balaban J connectivity index is 3.82. The fourth-order valence-electron chi connectivity index (χ4n) is 1.06. The predicted octanol–water partition coefficient (Wildman–Crippen LogP) is 0.740. The SMILES string of the molecule is C=CCC(NC(=O)NCCOC(C)C)C(=O)O. The van der Waals surface area contributed by atoms with Crippen LogP contribution in [-0.4, -0.2) is 42.4 Å². The van der Waals surface area contributed by atoms with Gasteiger partial charge in [-0.25, -0.2) is 9.59 Å². The lowest BCUT2D eigenvalue weighted by Gasteiger charge is -2.14. The lowest BCUT2D eigenvalue weighted by atomic mass is 10.2. The van der Waals surface area contributed by atoms with Crippen LogP contribution in [-0.2, 0) is 9.53 Å². The van der Waals surface area contributed by atoms with Crippen LogP contribution in [0.25, 0.3) is 0 Å². The number of amides is 2. The number of nitrogens with one attached hydrogen (secondary N) is 2. The van der Waals surface area contributed by atoms with Gasteiger partial charge in [-0.1, -0.05) is 6.08 Å². The van der Waals surface area contributed by atoms with Crippen molar-refractivity contribution < 1.29 is 19.4 Å². The second kappa shape index (κ2) is 8.58. The largest absolute Gasteiger partial charge is 0.480 e. The lowest BCUT2D eigenvalue weighted by Crippen LogP contribution is -2.46. The molecule has 0 aliphatic rings. The molecular formula is C11H20N2O4. The first-order valence-electron chi connectivity index (χ1n) is 5.47. The first-order chi connectivity index (χ1) is 7.97. The van der Waals surface area contributed by atoms with Gasteiger partial charge in [-0.3, -0.25) is 0 Å². The van der Waals surface area contributed by atoms with Crippen LogP contribution in [0.4, 0.5) is 4.79 Å². The van der Waals surface area contributed by atoms with Crippen LogP contribution in [0.15, 0.2) is 12.7 Å². The van der Waals surface area contributed by atoms with E-state index in [1.165, 1.54) is 6.08 Å². The minimum atomic E-state index is -1.08. The summed E-state index contributed by atoms with van der Waals surface area (Å²) in [5.74, 6) is -1.08. The Labute approximate surface area is 101 Å². The minimum Gasteiger partial charge on any atom is -0.480 e. The highest BCUT2D eigenvalue weighted by atomic mass is 16.5. The average Bonchev–Trinajstić information content (AvgIpc) is 2.23. The number of ether oxygens (including phenoxy) is 1. The second-order valence-corrected chi connectivity index (χ2v) is 3.73. The van der Waals surface area contributed by atoms with Crippen molar-refractivity contribution in [1.29, 1.82) is 0 Å². The van der Waals surface area contributed by atoms with E-state index in [1.807, 2.05) is 13.8 Å². The number of hydrogen-bond acceptors (Lipinski definition) is 3. The number of urea groups is 1. The van der Waals surface area contributed by atoms with Gasteiger partial charge in [0.05, 0.1) is 12.7 Å². The Bertz CT molecular complexity index is 266. The third-order valence-corrected chi connectivity index (χ3v) is 1.84. The Morgan fingerprint density at radius 1 is 1.47 bits per heavy atom. The van der Waals surface area contributed by atoms with Crippen molar-refractivity contribution in [2.45, 2.75) is 32.4 Å². The van der Waals surface area contributed by atoms with Gasteiger partial charge in [-0.15, -0.1) is 6.58 Å². The molecule has 0 aliphatic carbocycles. The van der Waals surface area contributed by atoms with Crippen molar-refractivity contribution in [2.24, 2.45) is 0 Å². The van der Waals surface area contributed by atoms with Gasteiger partial charge >= 0.3 is 12.0 Å². The molecule has 0 aromatic rings. The molecule has 6 heteroatoms. The summed E-state index contributed by atoms with van der Waals surface area (Å²) in [6.45, 7) is 7.95. The summed E-state index contributed by atoms with van der Waals surface area (Å²) < 4.78 is 5.22. The Kier molecular flexibility index (Phi) is 7.79. The van der Waals surface area contributed by atoms with Crippen LogP contribution < -0.4 is 10.6 Å². The quantitative estimate of drug-likeness (QED) is 0.434. The smallest absolute Gasteiger partial charge is 0.326 e. The standard InChI is InChI=1S/C11H20N2O4/c1-4-5-9(10(14)15)13-11(16)12-6-7-17-8(2)3/h4,8-9H,1,5-7H2,2-3H3,(H,14,15)(H2,12,13,16). The molecule has 0 bridgehead atoms. The molecular weight excluding hydrogens is 224 g/mol. The van der Waals surface area contributed by atoms with Crippen LogP contribution in [0.5, 0.6) is 0 Å². The Morgan fingerprint density at radius 3 is 2.59 bits per heavy atom. The van der Waals surface area contributed by atoms with Gasteiger partial charge in [0.2, 0.25) is 0 Å². The van der Waals surface area contributed by atoms with Crippen molar-refractivity contribution in [2.75, 3.05) is 13.2 Å². The molecule has 1 unspecified atom stereocenters. The van der Waals surface area contributed by atoms with E-state index in [9.17, 15) is 9.59 Å². The molecule has 1 atom stereocenters. The molecule has 6 nitrogen and oxygen atoms in total. The van der Waals surface area contributed by atoms with Crippen LogP contribution in [0.1, 0.15) is 20.3 Å². The van der Waals surface area contributed by atoms with Crippen molar-refractivity contribution in [3.05, 3.63) is 12.7 Å². The molecule has 0 spiro atoms. The van der Waals surface area contributed by atoms with Gasteiger partial charge in [0.1, 0.15) is 6.04 Å². The van der Waals surface area contributed by atoms with Crippen LogP contribution in [0.3, 0.4) is 0 Å². The van der Waals surface area contributed by atoms with Gasteiger partial charge in [-0.05, 0) is 20.3 Å². The summed E-state index contributed by atoms with van der Waals surface area (Å²) in [5.41, 5.74) is 0. The van der Waals surface area contributed by atoms with E-state index in [2.05, 4.69) is 17.2 Å². The van der Waals surface area contributed by atoms with E-state index >= 15 is 0 Å². The maximum Gasteiger partial charge on any atom is 0.326 e. The third kappa shape index (κ3) is 8.27. The number of rotatable bonds is 8. The van der Waals surface area contributed by atoms with Gasteiger partial charge < -0.3 is 20.5 Å². The number of hydrogen-bond donors (Lipinski definition) is 3. The Morgan fingerprint density at radius 2 is 2.12 bits per heavy atom. The lowest BCUT2D eigenvalue weighted by molar-refractivity contribution is -0.139. The topological polar surface area (TPSA) is 87.7 Å². The first kappa shape index (κ1) is 15.4. The number of aliphatic carboxylic acids is 1. The fraction of sp³-hybridized carbons (Fsp3) is 0.636. The van der Waals surface area contributed by atoms with Crippen molar-refractivity contribution >= 4 is 12.0 Å². The average molecular weight is 244 g/mol. The molecule has 0 radical (unpaired) electrons. The zero-order valence-corrected chi connectivity index (χ0v) is 10.2. The van der Waals surface area contributed by atoms with Gasteiger partial charge in [0, 0.05) is 6.54 Å². The Hall–Kier alpha value is -1.56. The van der Waals surface area contributed by atoms with Gasteiger partial charge in [-0.2, -0.15) is 0 Å². The predicted molar refractivity (Wildman–Crippen MR) is 63.9 cm³/mol. The van der Waals surface area contributed by atoms with Crippen molar-refractivity contribution in [3.63, 3.8) is 0 Å². The molecule has 0 rings (SSSR count). The van der Waals surface area contributed by atoms with E-state index in [4.69, 9.17) is 9.84 Å². The molecule has 0 heterocycles. The van der Waals surface area contributed by atoms with Gasteiger partial charge in [0.15, 0.2) is 0 Å². The number of carboxylic acid groups (broad SMARTS) is 1. The molecule has 0 saturated heterocycles. The molecule has 98 valence electrons. The molecule has 0 aromatic carbocycles. The molecule has 0 fully saturated rings. The van der Waals surface area contributed by atoms with E-state index < -0.39 is 18.0 Å². The van der Waals surface area contributed by atoms with E-state index in [0.717, 1.165) is 0 Å². The molecule has 2 amide bonds. The highest BCUT2D eigenvalue weighted by molar-refractivity contribution is 5.82. The summed E-state index contributed by atoms with van der Waals surface area (Å²) in [4.78, 5) is 22.0. The molecule has 0 aliphatic heterocycles. The van der Waals surface area contributed by atoms with Crippen LogP contribution in [0.2, 0.25) is 0 Å². The van der Waals surface area contributed by atoms with E-state index in [1.54, 1.807) is 0 Å². The summed E-state index contributed by atoms with van der Waals surface area (Å²) in [7, 11) is 0. The molecule has 0 saturated carbocycles. The number of carboxylic acids is 1. The highest BCUT2D eigenvalue weighted by Gasteiger charge is 2.17. The molecule has 0 aromatic heterocycles. The maximum atomic E-state index is 11.3. The molecule has 17 heavy (non-hydrogen) atoms. The zero-order valence-electron chi connectivity index (χ0n) is 10.2. The molecule has 3 N–H and O–H groups in total.